The number of aliphatic carboxylic acids is 1. The number of carbonyl (C=O) groups excluding carboxylic acids is 2. The Kier molecular flexibility index (Phi) is 4.98. The van der Waals surface area contributed by atoms with Crippen molar-refractivity contribution in [2.75, 3.05) is 0 Å². The molecule has 96 valence electrons. The zero-order valence-electron chi connectivity index (χ0n) is 9.92. The monoisotopic (exact) mass is 250 g/mol. The van der Waals surface area contributed by atoms with Crippen molar-refractivity contribution >= 4 is 17.7 Å². The van der Waals surface area contributed by atoms with Crippen molar-refractivity contribution in [3.05, 3.63) is 30.1 Å². The van der Waals surface area contributed by atoms with Crippen molar-refractivity contribution in [1.82, 2.24) is 10.3 Å². The van der Waals surface area contributed by atoms with Gasteiger partial charge in [0.25, 0.3) is 5.91 Å². The molecule has 0 bridgehead atoms. The minimum Gasteiger partial charge on any atom is -0.480 e. The third-order valence-electron chi connectivity index (χ3n) is 2.29. The Morgan fingerprint density at radius 1 is 1.39 bits per heavy atom. The molecule has 0 spiro atoms. The number of hydrogen-bond donors (Lipinski definition) is 2. The van der Waals surface area contributed by atoms with Gasteiger partial charge in [-0.05, 0) is 25.5 Å². The molecule has 0 aromatic carbocycles. The molecule has 2 N–H and O–H groups in total. The molecule has 1 aromatic rings. The van der Waals surface area contributed by atoms with Gasteiger partial charge in [0.1, 0.15) is 17.5 Å². The minimum atomic E-state index is -1.17. The van der Waals surface area contributed by atoms with Gasteiger partial charge in [0, 0.05) is 12.6 Å². The molecular weight excluding hydrogens is 236 g/mol. The predicted octanol–water partition coefficient (Wildman–Crippen LogP) is 0.634. The number of carboxylic acid groups (broad SMARTS) is 1. The fraction of sp³-hybridized carbons (Fsp3) is 0.333. The number of ketones is 1. The molecule has 1 atom stereocenters. The summed E-state index contributed by atoms with van der Waals surface area (Å²) in [6.07, 6.45) is 1.63. The Morgan fingerprint density at radius 2 is 2.11 bits per heavy atom. The zero-order chi connectivity index (χ0) is 13.5. The van der Waals surface area contributed by atoms with Crippen LogP contribution in [-0.4, -0.2) is 33.8 Å². The lowest BCUT2D eigenvalue weighted by molar-refractivity contribution is -0.139. The average molecular weight is 250 g/mol. The van der Waals surface area contributed by atoms with E-state index in [9.17, 15) is 14.4 Å². The molecule has 0 saturated carbocycles. The van der Waals surface area contributed by atoms with Gasteiger partial charge in [-0.3, -0.25) is 9.78 Å². The van der Waals surface area contributed by atoms with Crippen molar-refractivity contribution in [1.29, 1.82) is 0 Å². The highest BCUT2D eigenvalue weighted by molar-refractivity contribution is 5.95. The van der Waals surface area contributed by atoms with E-state index in [1.54, 1.807) is 12.1 Å². The van der Waals surface area contributed by atoms with E-state index in [0.29, 0.717) is 0 Å². The van der Waals surface area contributed by atoms with E-state index in [1.807, 2.05) is 0 Å². The van der Waals surface area contributed by atoms with Crippen LogP contribution in [0, 0.1) is 0 Å². The third-order valence-corrected chi connectivity index (χ3v) is 2.29. The molecule has 0 aliphatic rings. The average Bonchev–Trinajstić information content (AvgIpc) is 2.34. The minimum absolute atomic E-state index is 0.0727. The standard InChI is InChI=1S/C12H14N2O4/c1-8(15)5-6-10(12(17)18)14-11(16)9-4-2-3-7-13-9/h2-4,7,10H,5-6H2,1H3,(H,14,16)(H,17,18)/t10-/m1/s1. The summed E-state index contributed by atoms with van der Waals surface area (Å²) in [4.78, 5) is 37.2. The first-order valence-electron chi connectivity index (χ1n) is 5.45. The Balaban J connectivity index is 2.64. The van der Waals surface area contributed by atoms with Crippen LogP contribution >= 0.6 is 0 Å². The first kappa shape index (κ1) is 13.8. The van der Waals surface area contributed by atoms with Crippen LogP contribution in [0.2, 0.25) is 0 Å². The van der Waals surface area contributed by atoms with Crippen LogP contribution < -0.4 is 5.32 Å². The summed E-state index contributed by atoms with van der Waals surface area (Å²) in [5.74, 6) is -1.85. The second kappa shape index (κ2) is 6.48. The molecule has 0 radical (unpaired) electrons. The summed E-state index contributed by atoms with van der Waals surface area (Å²) in [5, 5.41) is 11.3. The number of hydrogen-bond acceptors (Lipinski definition) is 4. The summed E-state index contributed by atoms with van der Waals surface area (Å²) in [6, 6.07) is 3.69. The summed E-state index contributed by atoms with van der Waals surface area (Å²) < 4.78 is 0. The van der Waals surface area contributed by atoms with E-state index >= 15 is 0 Å². The van der Waals surface area contributed by atoms with Crippen LogP contribution in [-0.2, 0) is 9.59 Å². The van der Waals surface area contributed by atoms with Crippen molar-refractivity contribution in [2.45, 2.75) is 25.8 Å². The molecular formula is C12H14N2O4. The first-order valence-corrected chi connectivity index (χ1v) is 5.45. The van der Waals surface area contributed by atoms with E-state index in [4.69, 9.17) is 5.11 Å². The van der Waals surface area contributed by atoms with Gasteiger partial charge >= 0.3 is 5.97 Å². The fourth-order valence-electron chi connectivity index (χ4n) is 1.33. The molecule has 1 amide bonds. The topological polar surface area (TPSA) is 96.4 Å². The first-order chi connectivity index (χ1) is 8.50. The number of carbonyl (C=O) groups is 3. The van der Waals surface area contributed by atoms with Gasteiger partial charge in [0.2, 0.25) is 0 Å². The number of Topliss-reactive ketones (excluding diaryl/α,β-unsaturated/α-hetero) is 1. The fourth-order valence-corrected chi connectivity index (χ4v) is 1.33. The summed E-state index contributed by atoms with van der Waals surface area (Å²) in [6.45, 7) is 1.37. The van der Waals surface area contributed by atoms with E-state index in [2.05, 4.69) is 10.3 Å². The highest BCUT2D eigenvalue weighted by Crippen LogP contribution is 2.01. The Labute approximate surface area is 104 Å². The Hall–Kier alpha value is -2.24. The van der Waals surface area contributed by atoms with E-state index in [-0.39, 0.29) is 24.3 Å². The molecule has 0 saturated heterocycles. The number of amides is 1. The van der Waals surface area contributed by atoms with Gasteiger partial charge in [-0.1, -0.05) is 6.07 Å². The van der Waals surface area contributed by atoms with Crippen molar-refractivity contribution in [3.8, 4) is 0 Å². The summed E-state index contributed by atoms with van der Waals surface area (Å²) >= 11 is 0. The highest BCUT2D eigenvalue weighted by atomic mass is 16.4. The molecule has 6 heteroatoms. The number of pyridine rings is 1. The van der Waals surface area contributed by atoms with Gasteiger partial charge in [0.05, 0.1) is 0 Å². The normalized spacial score (nSPS) is 11.6. The van der Waals surface area contributed by atoms with Crippen molar-refractivity contribution in [2.24, 2.45) is 0 Å². The lowest BCUT2D eigenvalue weighted by atomic mass is 10.1. The number of aromatic nitrogens is 1. The molecule has 1 rings (SSSR count). The van der Waals surface area contributed by atoms with Gasteiger partial charge in [-0.2, -0.15) is 0 Å². The van der Waals surface area contributed by atoms with E-state index in [1.165, 1.54) is 19.2 Å². The molecule has 18 heavy (non-hydrogen) atoms. The van der Waals surface area contributed by atoms with E-state index < -0.39 is 17.9 Å². The summed E-state index contributed by atoms with van der Waals surface area (Å²) in [7, 11) is 0. The molecule has 6 nitrogen and oxygen atoms in total. The van der Waals surface area contributed by atoms with Gasteiger partial charge in [-0.15, -0.1) is 0 Å². The maximum absolute atomic E-state index is 11.7. The maximum atomic E-state index is 11.7. The largest absolute Gasteiger partial charge is 0.480 e. The Bertz CT molecular complexity index is 445. The smallest absolute Gasteiger partial charge is 0.326 e. The van der Waals surface area contributed by atoms with Gasteiger partial charge in [-0.25, -0.2) is 4.79 Å². The van der Waals surface area contributed by atoms with Crippen molar-refractivity contribution in [3.63, 3.8) is 0 Å². The SMILES string of the molecule is CC(=O)CC[C@@H](NC(=O)c1ccccn1)C(=O)O. The highest BCUT2D eigenvalue weighted by Gasteiger charge is 2.21. The molecule has 0 fully saturated rings. The van der Waals surface area contributed by atoms with Crippen LogP contribution in [0.25, 0.3) is 0 Å². The predicted molar refractivity (Wildman–Crippen MR) is 63.0 cm³/mol. The van der Waals surface area contributed by atoms with Crippen LogP contribution in [0.5, 0.6) is 0 Å². The van der Waals surface area contributed by atoms with Crippen LogP contribution in [0.1, 0.15) is 30.3 Å². The second-order valence-electron chi connectivity index (χ2n) is 3.82. The van der Waals surface area contributed by atoms with Gasteiger partial charge in [0.15, 0.2) is 0 Å². The lowest BCUT2D eigenvalue weighted by Gasteiger charge is -2.13. The Morgan fingerprint density at radius 3 is 2.61 bits per heavy atom. The molecule has 0 aliphatic carbocycles. The second-order valence-corrected chi connectivity index (χ2v) is 3.82. The lowest BCUT2D eigenvalue weighted by Crippen LogP contribution is -2.41. The van der Waals surface area contributed by atoms with Gasteiger partial charge < -0.3 is 15.2 Å². The molecule has 1 heterocycles. The number of nitrogens with one attached hydrogen (secondary N) is 1. The molecule has 0 aliphatic heterocycles. The number of rotatable bonds is 6. The zero-order valence-corrected chi connectivity index (χ0v) is 9.92. The number of carboxylic acids is 1. The van der Waals surface area contributed by atoms with E-state index in [0.717, 1.165) is 0 Å². The van der Waals surface area contributed by atoms with Crippen LogP contribution in [0.15, 0.2) is 24.4 Å². The van der Waals surface area contributed by atoms with Crippen LogP contribution in [0.4, 0.5) is 0 Å². The third kappa shape index (κ3) is 4.32. The summed E-state index contributed by atoms with van der Waals surface area (Å²) in [5.41, 5.74) is 0.145. The maximum Gasteiger partial charge on any atom is 0.326 e. The van der Waals surface area contributed by atoms with Crippen LogP contribution in [0.3, 0.4) is 0 Å². The molecule has 1 aromatic heterocycles. The quantitative estimate of drug-likeness (QED) is 0.772. The number of nitrogens with zero attached hydrogens (tertiary/aromatic N) is 1. The van der Waals surface area contributed by atoms with Crippen molar-refractivity contribution < 1.29 is 19.5 Å². The molecule has 0 unspecified atom stereocenters.